The monoisotopic (exact) mass is 446 g/mol. The molecule has 0 radical (unpaired) electrons. The summed E-state index contributed by atoms with van der Waals surface area (Å²) in [5, 5.41) is 3.04. The van der Waals surface area contributed by atoms with E-state index in [1.54, 1.807) is 0 Å². The zero-order chi connectivity index (χ0) is 21.7. The van der Waals surface area contributed by atoms with Crippen LogP contribution in [-0.4, -0.2) is 57.2 Å². The minimum Gasteiger partial charge on any atom is -0.379 e. The quantitative estimate of drug-likeness (QED) is 0.729. The molecule has 0 spiro atoms. The number of carbonyl (C=O) groups is 1. The maximum absolute atomic E-state index is 13.4. The molecule has 1 heterocycles. The van der Waals surface area contributed by atoms with Crippen LogP contribution in [0.4, 0.5) is 0 Å². The summed E-state index contributed by atoms with van der Waals surface area (Å²) in [6.45, 7) is 4.00. The molecular formula is C24H34N2O4S. The molecule has 4 bridgehead atoms. The molecule has 4 saturated carbocycles. The van der Waals surface area contributed by atoms with Gasteiger partial charge in [0.05, 0.1) is 24.4 Å². The second-order valence-electron chi connectivity index (χ2n) is 10.5. The van der Waals surface area contributed by atoms with E-state index in [1.807, 2.05) is 0 Å². The van der Waals surface area contributed by atoms with E-state index in [4.69, 9.17) is 4.74 Å². The first kappa shape index (κ1) is 21.4. The predicted octanol–water partition coefficient (Wildman–Crippen LogP) is 2.61. The van der Waals surface area contributed by atoms with E-state index in [0.29, 0.717) is 38.1 Å². The average molecular weight is 447 g/mol. The molecule has 0 aromatic heterocycles. The normalized spacial score (nSPS) is 35.3. The highest BCUT2D eigenvalue weighted by atomic mass is 32.2. The fraction of sp³-hybridized carbons (Fsp3) is 0.708. The van der Waals surface area contributed by atoms with Crippen molar-refractivity contribution in [1.29, 1.82) is 0 Å². The van der Waals surface area contributed by atoms with Gasteiger partial charge in [0, 0.05) is 19.6 Å². The van der Waals surface area contributed by atoms with Crippen LogP contribution in [0.15, 0.2) is 24.3 Å². The van der Waals surface area contributed by atoms with Gasteiger partial charge in [-0.05, 0) is 68.3 Å². The Balaban J connectivity index is 1.28. The SMILES string of the molecule is Cc1ccc(C23CC4CC(CC(C(=O)NCCS(=O)(=O)N5CCOCC5)(C4)C2)C3)cc1. The molecule has 1 saturated heterocycles. The number of rotatable bonds is 6. The first-order valence-corrected chi connectivity index (χ1v) is 13.3. The van der Waals surface area contributed by atoms with Crippen LogP contribution in [0.25, 0.3) is 0 Å². The van der Waals surface area contributed by atoms with Gasteiger partial charge >= 0.3 is 0 Å². The van der Waals surface area contributed by atoms with Crippen molar-refractivity contribution >= 4 is 15.9 Å². The van der Waals surface area contributed by atoms with Crippen molar-refractivity contribution in [3.05, 3.63) is 35.4 Å². The Morgan fingerprint density at radius 1 is 1.10 bits per heavy atom. The molecule has 6 nitrogen and oxygen atoms in total. The van der Waals surface area contributed by atoms with Gasteiger partial charge in [0.1, 0.15) is 0 Å². The maximum Gasteiger partial charge on any atom is 0.226 e. The van der Waals surface area contributed by atoms with Gasteiger partial charge in [-0.1, -0.05) is 29.8 Å². The average Bonchev–Trinajstić information content (AvgIpc) is 2.73. The molecule has 4 aliphatic carbocycles. The predicted molar refractivity (Wildman–Crippen MR) is 119 cm³/mol. The van der Waals surface area contributed by atoms with Crippen LogP contribution in [0.2, 0.25) is 0 Å². The van der Waals surface area contributed by atoms with Crippen LogP contribution < -0.4 is 5.32 Å². The lowest BCUT2D eigenvalue weighted by molar-refractivity contribution is -0.149. The Bertz CT molecular complexity index is 923. The zero-order valence-corrected chi connectivity index (χ0v) is 19.3. The van der Waals surface area contributed by atoms with Gasteiger partial charge in [-0.25, -0.2) is 8.42 Å². The van der Waals surface area contributed by atoms with Crippen molar-refractivity contribution in [2.45, 2.75) is 50.9 Å². The van der Waals surface area contributed by atoms with Gasteiger partial charge in [-0.2, -0.15) is 4.31 Å². The van der Waals surface area contributed by atoms with E-state index in [-0.39, 0.29) is 29.0 Å². The third-order valence-electron chi connectivity index (χ3n) is 8.22. The maximum atomic E-state index is 13.4. The highest BCUT2D eigenvalue weighted by Crippen LogP contribution is 2.65. The Morgan fingerprint density at radius 2 is 1.74 bits per heavy atom. The number of hydrogen-bond acceptors (Lipinski definition) is 4. The van der Waals surface area contributed by atoms with E-state index in [0.717, 1.165) is 19.3 Å². The van der Waals surface area contributed by atoms with Crippen LogP contribution in [0.3, 0.4) is 0 Å². The van der Waals surface area contributed by atoms with Crippen molar-refractivity contribution in [3.63, 3.8) is 0 Å². The molecule has 1 amide bonds. The van der Waals surface area contributed by atoms with Gasteiger partial charge in [0.25, 0.3) is 0 Å². The highest BCUT2D eigenvalue weighted by molar-refractivity contribution is 7.89. The van der Waals surface area contributed by atoms with E-state index >= 15 is 0 Å². The van der Waals surface area contributed by atoms with Crippen molar-refractivity contribution in [3.8, 4) is 0 Å². The molecule has 6 rings (SSSR count). The van der Waals surface area contributed by atoms with Gasteiger partial charge in [0.15, 0.2) is 0 Å². The number of ether oxygens (including phenoxy) is 1. The Kier molecular flexibility index (Phi) is 5.42. The Morgan fingerprint density at radius 3 is 2.39 bits per heavy atom. The van der Waals surface area contributed by atoms with Crippen molar-refractivity contribution in [2.24, 2.45) is 17.3 Å². The minimum absolute atomic E-state index is 0.0369. The van der Waals surface area contributed by atoms with Crippen LogP contribution >= 0.6 is 0 Å². The lowest BCUT2D eigenvalue weighted by Gasteiger charge is -2.61. The molecule has 5 aliphatic rings. The molecule has 7 heteroatoms. The van der Waals surface area contributed by atoms with Crippen molar-refractivity contribution in [2.75, 3.05) is 38.6 Å². The molecular weight excluding hydrogens is 412 g/mol. The first-order valence-electron chi connectivity index (χ1n) is 11.7. The van der Waals surface area contributed by atoms with E-state index in [2.05, 4.69) is 36.5 Å². The topological polar surface area (TPSA) is 75.7 Å². The number of morpholine rings is 1. The molecule has 1 N–H and O–H groups in total. The molecule has 1 aromatic carbocycles. The van der Waals surface area contributed by atoms with E-state index < -0.39 is 10.0 Å². The van der Waals surface area contributed by atoms with Crippen LogP contribution in [0, 0.1) is 24.2 Å². The largest absolute Gasteiger partial charge is 0.379 e. The molecule has 1 aliphatic heterocycles. The zero-order valence-electron chi connectivity index (χ0n) is 18.4. The lowest BCUT2D eigenvalue weighted by Crippen LogP contribution is -2.59. The fourth-order valence-corrected chi connectivity index (χ4v) is 8.53. The van der Waals surface area contributed by atoms with E-state index in [9.17, 15) is 13.2 Å². The minimum atomic E-state index is -3.36. The summed E-state index contributed by atoms with van der Waals surface area (Å²) >= 11 is 0. The third-order valence-corrected chi connectivity index (χ3v) is 10.1. The molecule has 170 valence electrons. The standard InChI is InChI=1S/C24H34N2O4S/c1-18-2-4-21(5-3-18)23-13-19-12-20(14-23)16-24(15-19,17-23)22(27)25-6-11-31(28,29)26-7-9-30-10-8-26/h2-5,19-20H,6-17H2,1H3,(H,25,27). The first-order chi connectivity index (χ1) is 14.8. The summed E-state index contributed by atoms with van der Waals surface area (Å²) in [7, 11) is -3.36. The molecule has 5 fully saturated rings. The van der Waals surface area contributed by atoms with Crippen molar-refractivity contribution < 1.29 is 17.9 Å². The number of nitrogens with zero attached hydrogens (tertiary/aromatic N) is 1. The summed E-state index contributed by atoms with van der Waals surface area (Å²) in [5.41, 5.74) is 2.42. The highest BCUT2D eigenvalue weighted by Gasteiger charge is 2.60. The number of nitrogens with one attached hydrogen (secondary N) is 1. The van der Waals surface area contributed by atoms with Gasteiger partial charge < -0.3 is 10.1 Å². The molecule has 2 unspecified atom stereocenters. The second kappa shape index (κ2) is 7.85. The number of sulfonamides is 1. The Labute approximate surface area is 185 Å². The fourth-order valence-electron chi connectivity index (χ4n) is 7.21. The van der Waals surface area contributed by atoms with Crippen LogP contribution in [-0.2, 0) is 25.0 Å². The van der Waals surface area contributed by atoms with Gasteiger partial charge in [-0.3, -0.25) is 4.79 Å². The number of hydrogen-bond donors (Lipinski definition) is 1. The number of aryl methyl sites for hydroxylation is 1. The number of benzene rings is 1. The number of carbonyl (C=O) groups excluding carboxylic acids is 1. The van der Waals surface area contributed by atoms with Crippen LogP contribution in [0.5, 0.6) is 0 Å². The van der Waals surface area contributed by atoms with Crippen LogP contribution in [0.1, 0.15) is 49.7 Å². The van der Waals surface area contributed by atoms with Gasteiger partial charge in [0.2, 0.25) is 15.9 Å². The smallest absolute Gasteiger partial charge is 0.226 e. The third kappa shape index (κ3) is 3.93. The molecule has 1 aromatic rings. The van der Waals surface area contributed by atoms with Crippen molar-refractivity contribution in [1.82, 2.24) is 9.62 Å². The second-order valence-corrected chi connectivity index (χ2v) is 12.6. The summed E-state index contributed by atoms with van der Waals surface area (Å²) in [4.78, 5) is 13.4. The summed E-state index contributed by atoms with van der Waals surface area (Å²) in [5.74, 6) is 1.25. The van der Waals surface area contributed by atoms with E-state index in [1.165, 1.54) is 34.7 Å². The molecule has 31 heavy (non-hydrogen) atoms. The molecule has 2 atom stereocenters. The number of amides is 1. The van der Waals surface area contributed by atoms with Gasteiger partial charge in [-0.15, -0.1) is 0 Å². The lowest BCUT2D eigenvalue weighted by atomic mass is 9.42. The Hall–Kier alpha value is -1.44. The summed E-state index contributed by atoms with van der Waals surface area (Å²) < 4.78 is 31.9. The summed E-state index contributed by atoms with van der Waals surface area (Å²) in [6.07, 6.45) is 6.43. The summed E-state index contributed by atoms with van der Waals surface area (Å²) in [6, 6.07) is 8.92.